The van der Waals surface area contributed by atoms with Gasteiger partial charge in [0.25, 0.3) is 0 Å². The van der Waals surface area contributed by atoms with Gasteiger partial charge in [0.15, 0.2) is 11.6 Å². The summed E-state index contributed by atoms with van der Waals surface area (Å²) in [5, 5.41) is 0. The number of nitrogens with two attached hydrogens (primary N) is 1. The quantitative estimate of drug-likeness (QED) is 0.861. The molecule has 0 bridgehead atoms. The van der Waals surface area contributed by atoms with Crippen molar-refractivity contribution in [3.8, 4) is 11.5 Å². The summed E-state index contributed by atoms with van der Waals surface area (Å²) < 4.78 is 24.1. The van der Waals surface area contributed by atoms with Crippen LogP contribution in [-0.2, 0) is 6.61 Å². The number of aryl methyl sites for hydroxylation is 1. The summed E-state index contributed by atoms with van der Waals surface area (Å²) in [5.74, 6) is 0.247. The summed E-state index contributed by atoms with van der Waals surface area (Å²) in [7, 11) is 1.58. The SMILES string of the molecule is COc1cc(C)nc(COc2c(N)cccc2F)c1. The average Bonchev–Trinajstić information content (AvgIpc) is 2.37. The number of benzene rings is 1. The third kappa shape index (κ3) is 3.13. The van der Waals surface area contributed by atoms with Crippen molar-refractivity contribution >= 4 is 5.69 Å². The van der Waals surface area contributed by atoms with Gasteiger partial charge in [0.05, 0.1) is 18.5 Å². The number of nitrogens with zero attached hydrogens (tertiary/aromatic N) is 1. The van der Waals surface area contributed by atoms with Gasteiger partial charge in [0.2, 0.25) is 0 Å². The summed E-state index contributed by atoms with van der Waals surface area (Å²) in [6.45, 7) is 1.98. The van der Waals surface area contributed by atoms with Gasteiger partial charge in [-0.05, 0) is 19.1 Å². The highest BCUT2D eigenvalue weighted by Gasteiger charge is 2.08. The number of hydrogen-bond donors (Lipinski definition) is 1. The van der Waals surface area contributed by atoms with Gasteiger partial charge in [-0.3, -0.25) is 4.98 Å². The van der Waals surface area contributed by atoms with Gasteiger partial charge in [-0.15, -0.1) is 0 Å². The first-order valence-electron chi connectivity index (χ1n) is 5.78. The van der Waals surface area contributed by atoms with Crippen LogP contribution in [0.5, 0.6) is 11.5 Å². The summed E-state index contributed by atoms with van der Waals surface area (Å²) in [5.41, 5.74) is 7.38. The zero-order chi connectivity index (χ0) is 13.8. The lowest BCUT2D eigenvalue weighted by atomic mass is 10.3. The predicted molar refractivity (Wildman–Crippen MR) is 70.7 cm³/mol. The topological polar surface area (TPSA) is 57.4 Å². The van der Waals surface area contributed by atoms with Crippen LogP contribution in [0.2, 0.25) is 0 Å². The van der Waals surface area contributed by atoms with Crippen molar-refractivity contribution in [1.29, 1.82) is 0 Å². The Morgan fingerprint density at radius 2 is 2.11 bits per heavy atom. The van der Waals surface area contributed by atoms with Crippen LogP contribution in [0.15, 0.2) is 30.3 Å². The van der Waals surface area contributed by atoms with Crippen LogP contribution in [0, 0.1) is 12.7 Å². The highest BCUT2D eigenvalue weighted by atomic mass is 19.1. The van der Waals surface area contributed by atoms with Crippen molar-refractivity contribution in [2.45, 2.75) is 13.5 Å². The fourth-order valence-electron chi connectivity index (χ4n) is 1.72. The monoisotopic (exact) mass is 262 g/mol. The molecule has 1 heterocycles. The molecule has 0 aliphatic carbocycles. The molecule has 0 saturated heterocycles. The molecule has 4 nitrogen and oxygen atoms in total. The standard InChI is InChI=1S/C14H15FN2O2/c1-9-6-11(18-2)7-10(17-9)8-19-14-12(15)4-3-5-13(14)16/h3-7H,8,16H2,1-2H3. The zero-order valence-corrected chi connectivity index (χ0v) is 10.8. The maximum atomic E-state index is 13.5. The molecule has 0 aliphatic rings. The molecule has 2 N–H and O–H groups in total. The number of pyridine rings is 1. The molecule has 0 unspecified atom stereocenters. The van der Waals surface area contributed by atoms with Crippen LogP contribution in [0.1, 0.15) is 11.4 Å². The van der Waals surface area contributed by atoms with Gasteiger partial charge in [0.1, 0.15) is 12.4 Å². The summed E-state index contributed by atoms with van der Waals surface area (Å²) >= 11 is 0. The molecule has 1 aromatic carbocycles. The maximum absolute atomic E-state index is 13.5. The number of rotatable bonds is 4. The van der Waals surface area contributed by atoms with E-state index in [0.717, 1.165) is 5.69 Å². The van der Waals surface area contributed by atoms with Crippen molar-refractivity contribution in [1.82, 2.24) is 4.98 Å². The van der Waals surface area contributed by atoms with Crippen LogP contribution in [0.3, 0.4) is 0 Å². The normalized spacial score (nSPS) is 10.3. The van der Waals surface area contributed by atoms with Crippen LogP contribution < -0.4 is 15.2 Å². The molecule has 0 radical (unpaired) electrons. The van der Waals surface area contributed by atoms with E-state index in [2.05, 4.69) is 4.98 Å². The Morgan fingerprint density at radius 3 is 2.79 bits per heavy atom. The number of hydrogen-bond acceptors (Lipinski definition) is 4. The molecule has 2 rings (SSSR count). The van der Waals surface area contributed by atoms with E-state index in [1.54, 1.807) is 25.3 Å². The van der Waals surface area contributed by atoms with E-state index in [1.807, 2.05) is 6.92 Å². The first kappa shape index (κ1) is 13.1. The Labute approximate surface area is 111 Å². The number of halogens is 1. The smallest absolute Gasteiger partial charge is 0.178 e. The summed E-state index contributed by atoms with van der Waals surface area (Å²) in [4.78, 5) is 4.29. The lowest BCUT2D eigenvalue weighted by molar-refractivity contribution is 0.286. The number of ether oxygens (including phenoxy) is 2. The van der Waals surface area contributed by atoms with Crippen LogP contribution in [0.4, 0.5) is 10.1 Å². The lowest BCUT2D eigenvalue weighted by Crippen LogP contribution is -2.03. The van der Waals surface area contributed by atoms with E-state index >= 15 is 0 Å². The van der Waals surface area contributed by atoms with Gasteiger partial charge in [-0.2, -0.15) is 0 Å². The molecule has 0 aliphatic heterocycles. The van der Waals surface area contributed by atoms with Gasteiger partial charge < -0.3 is 15.2 Å². The molecule has 0 saturated carbocycles. The minimum atomic E-state index is -0.486. The fraction of sp³-hybridized carbons (Fsp3) is 0.214. The van der Waals surface area contributed by atoms with Crippen molar-refractivity contribution in [3.63, 3.8) is 0 Å². The number of anilines is 1. The molecule has 0 fully saturated rings. The van der Waals surface area contributed by atoms with Crippen molar-refractivity contribution < 1.29 is 13.9 Å². The zero-order valence-electron chi connectivity index (χ0n) is 10.8. The Morgan fingerprint density at radius 1 is 1.32 bits per heavy atom. The number of nitrogen functional groups attached to an aromatic ring is 1. The second kappa shape index (κ2) is 5.56. The molecule has 5 heteroatoms. The van der Waals surface area contributed by atoms with E-state index in [-0.39, 0.29) is 18.0 Å². The van der Waals surface area contributed by atoms with Crippen LogP contribution >= 0.6 is 0 Å². The molecule has 2 aromatic rings. The molecular formula is C14H15FN2O2. The van der Waals surface area contributed by atoms with Crippen LogP contribution in [-0.4, -0.2) is 12.1 Å². The first-order valence-corrected chi connectivity index (χ1v) is 5.78. The largest absolute Gasteiger partial charge is 0.497 e. The summed E-state index contributed by atoms with van der Waals surface area (Å²) in [6, 6.07) is 7.97. The average molecular weight is 262 g/mol. The Balaban J connectivity index is 2.16. The van der Waals surface area contributed by atoms with E-state index in [1.165, 1.54) is 12.1 Å². The number of para-hydroxylation sites is 1. The molecule has 19 heavy (non-hydrogen) atoms. The van der Waals surface area contributed by atoms with Crippen molar-refractivity contribution in [2.75, 3.05) is 12.8 Å². The van der Waals surface area contributed by atoms with E-state index < -0.39 is 5.82 Å². The fourth-order valence-corrected chi connectivity index (χ4v) is 1.72. The van der Waals surface area contributed by atoms with Crippen molar-refractivity contribution in [2.24, 2.45) is 0 Å². The van der Waals surface area contributed by atoms with E-state index in [4.69, 9.17) is 15.2 Å². The van der Waals surface area contributed by atoms with Gasteiger partial charge in [-0.25, -0.2) is 4.39 Å². The third-order valence-corrected chi connectivity index (χ3v) is 2.58. The second-order valence-corrected chi connectivity index (χ2v) is 4.09. The van der Waals surface area contributed by atoms with E-state index in [9.17, 15) is 4.39 Å². The van der Waals surface area contributed by atoms with Crippen molar-refractivity contribution in [3.05, 3.63) is 47.5 Å². The highest BCUT2D eigenvalue weighted by molar-refractivity contribution is 5.52. The second-order valence-electron chi connectivity index (χ2n) is 4.09. The van der Waals surface area contributed by atoms with Crippen LogP contribution in [0.25, 0.3) is 0 Å². The molecular weight excluding hydrogens is 247 g/mol. The molecule has 100 valence electrons. The first-order chi connectivity index (χ1) is 9.10. The summed E-state index contributed by atoms with van der Waals surface area (Å²) in [6.07, 6.45) is 0. The van der Waals surface area contributed by atoms with Gasteiger partial charge >= 0.3 is 0 Å². The van der Waals surface area contributed by atoms with Gasteiger partial charge in [-0.1, -0.05) is 6.07 Å². The Kier molecular flexibility index (Phi) is 3.85. The number of methoxy groups -OCH3 is 1. The Hall–Kier alpha value is -2.30. The number of aromatic nitrogens is 1. The maximum Gasteiger partial charge on any atom is 0.178 e. The Bertz CT molecular complexity index is 567. The molecule has 1 aromatic heterocycles. The van der Waals surface area contributed by atoms with Gasteiger partial charge in [0, 0.05) is 17.8 Å². The van der Waals surface area contributed by atoms with E-state index in [0.29, 0.717) is 11.4 Å². The molecule has 0 spiro atoms. The third-order valence-electron chi connectivity index (χ3n) is 2.58. The predicted octanol–water partition coefficient (Wildman–Crippen LogP) is 2.70. The molecule has 0 atom stereocenters. The lowest BCUT2D eigenvalue weighted by Gasteiger charge is -2.10. The minimum absolute atomic E-state index is 0.0461. The highest BCUT2D eigenvalue weighted by Crippen LogP contribution is 2.25. The molecule has 0 amide bonds. The minimum Gasteiger partial charge on any atom is -0.497 e.